The Balaban J connectivity index is 3.63. The molecule has 1 atom stereocenters. The van der Waals surface area contributed by atoms with Crippen molar-refractivity contribution in [3.05, 3.63) is 0 Å². The Labute approximate surface area is 111 Å². The first-order chi connectivity index (χ1) is 8.44. The van der Waals surface area contributed by atoms with Crippen molar-refractivity contribution in [2.24, 2.45) is 5.73 Å². The SMILES string of the molecule is CCOCCN(C)CCCCC(C)(N)C(=O)OC. The van der Waals surface area contributed by atoms with Gasteiger partial charge in [-0.1, -0.05) is 0 Å². The summed E-state index contributed by atoms with van der Waals surface area (Å²) in [5, 5.41) is 0. The van der Waals surface area contributed by atoms with E-state index in [1.807, 2.05) is 6.92 Å². The van der Waals surface area contributed by atoms with Crippen molar-refractivity contribution in [3.8, 4) is 0 Å². The average Bonchev–Trinajstić information content (AvgIpc) is 2.34. The van der Waals surface area contributed by atoms with E-state index in [-0.39, 0.29) is 5.97 Å². The summed E-state index contributed by atoms with van der Waals surface area (Å²) in [5.74, 6) is -0.341. The van der Waals surface area contributed by atoms with E-state index in [0.29, 0.717) is 6.42 Å². The number of hydrogen-bond acceptors (Lipinski definition) is 5. The minimum absolute atomic E-state index is 0.341. The molecule has 0 heterocycles. The third kappa shape index (κ3) is 7.63. The van der Waals surface area contributed by atoms with Gasteiger partial charge in [0.15, 0.2) is 0 Å². The molecule has 0 aliphatic carbocycles. The molecule has 1 unspecified atom stereocenters. The molecule has 0 aromatic rings. The second-order valence-electron chi connectivity index (χ2n) is 4.87. The second kappa shape index (κ2) is 9.30. The number of carbonyl (C=O) groups is 1. The zero-order valence-electron chi connectivity index (χ0n) is 12.2. The molecular weight excluding hydrogens is 232 g/mol. The van der Waals surface area contributed by atoms with Crippen LogP contribution in [0.2, 0.25) is 0 Å². The standard InChI is InChI=1S/C13H28N2O3/c1-5-18-11-10-15(3)9-7-6-8-13(2,14)12(16)17-4/h5-11,14H2,1-4H3. The molecule has 108 valence electrons. The number of likely N-dealkylation sites (N-methyl/N-ethyl adjacent to an activating group) is 1. The maximum absolute atomic E-state index is 11.4. The number of nitrogens with two attached hydrogens (primary N) is 1. The molecule has 0 radical (unpaired) electrons. The van der Waals surface area contributed by atoms with Gasteiger partial charge in [-0.3, -0.25) is 4.79 Å². The van der Waals surface area contributed by atoms with E-state index in [1.165, 1.54) is 7.11 Å². The first-order valence-electron chi connectivity index (χ1n) is 6.57. The average molecular weight is 260 g/mol. The molecule has 0 rings (SSSR count). The van der Waals surface area contributed by atoms with Crippen LogP contribution in [-0.2, 0) is 14.3 Å². The number of rotatable bonds is 10. The first-order valence-corrected chi connectivity index (χ1v) is 6.57. The van der Waals surface area contributed by atoms with Gasteiger partial charge in [-0.2, -0.15) is 0 Å². The molecule has 0 saturated carbocycles. The fourth-order valence-electron chi connectivity index (χ4n) is 1.69. The monoisotopic (exact) mass is 260 g/mol. The van der Waals surface area contributed by atoms with Gasteiger partial charge in [0.05, 0.1) is 13.7 Å². The van der Waals surface area contributed by atoms with Crippen LogP contribution in [-0.4, -0.2) is 56.9 Å². The number of carbonyl (C=O) groups excluding carboxylic acids is 1. The van der Waals surface area contributed by atoms with Crippen molar-refractivity contribution in [2.45, 2.75) is 38.6 Å². The van der Waals surface area contributed by atoms with Crippen molar-refractivity contribution >= 4 is 5.97 Å². The number of ether oxygens (including phenoxy) is 2. The Bertz CT molecular complexity index is 232. The van der Waals surface area contributed by atoms with Gasteiger partial charge < -0.3 is 20.1 Å². The molecule has 0 aliphatic rings. The van der Waals surface area contributed by atoms with Crippen LogP contribution in [0.1, 0.15) is 33.1 Å². The second-order valence-corrected chi connectivity index (χ2v) is 4.87. The van der Waals surface area contributed by atoms with E-state index in [0.717, 1.165) is 39.1 Å². The van der Waals surface area contributed by atoms with E-state index in [1.54, 1.807) is 6.92 Å². The summed E-state index contributed by atoms with van der Waals surface area (Å²) in [7, 11) is 3.44. The maximum Gasteiger partial charge on any atom is 0.325 e. The normalized spacial score (nSPS) is 14.6. The van der Waals surface area contributed by atoms with Gasteiger partial charge in [0, 0.05) is 13.2 Å². The zero-order chi connectivity index (χ0) is 14.0. The molecule has 0 saturated heterocycles. The van der Waals surface area contributed by atoms with Crippen LogP contribution < -0.4 is 5.73 Å². The van der Waals surface area contributed by atoms with Crippen LogP contribution in [0.15, 0.2) is 0 Å². The quantitative estimate of drug-likeness (QED) is 0.469. The molecule has 2 N–H and O–H groups in total. The van der Waals surface area contributed by atoms with Gasteiger partial charge in [-0.25, -0.2) is 0 Å². The summed E-state index contributed by atoms with van der Waals surface area (Å²) in [5.41, 5.74) is 5.02. The van der Waals surface area contributed by atoms with Crippen LogP contribution >= 0.6 is 0 Å². The van der Waals surface area contributed by atoms with Crippen molar-refractivity contribution in [1.82, 2.24) is 4.90 Å². The van der Waals surface area contributed by atoms with Gasteiger partial charge >= 0.3 is 5.97 Å². The zero-order valence-corrected chi connectivity index (χ0v) is 12.2. The number of hydrogen-bond donors (Lipinski definition) is 1. The Morgan fingerprint density at radius 1 is 1.33 bits per heavy atom. The molecule has 0 bridgehead atoms. The molecule has 5 nitrogen and oxygen atoms in total. The highest BCUT2D eigenvalue weighted by Crippen LogP contribution is 2.12. The summed E-state index contributed by atoms with van der Waals surface area (Å²) in [6.45, 7) is 7.17. The van der Waals surface area contributed by atoms with E-state index in [9.17, 15) is 4.79 Å². The van der Waals surface area contributed by atoms with Crippen LogP contribution in [0.4, 0.5) is 0 Å². The summed E-state index contributed by atoms with van der Waals surface area (Å²) in [4.78, 5) is 13.6. The van der Waals surface area contributed by atoms with Crippen molar-refractivity contribution < 1.29 is 14.3 Å². The highest BCUT2D eigenvalue weighted by atomic mass is 16.5. The van der Waals surface area contributed by atoms with E-state index >= 15 is 0 Å². The van der Waals surface area contributed by atoms with Gasteiger partial charge in [0.2, 0.25) is 0 Å². The fraction of sp³-hybridized carbons (Fsp3) is 0.923. The minimum Gasteiger partial charge on any atom is -0.468 e. The summed E-state index contributed by atoms with van der Waals surface area (Å²) >= 11 is 0. The van der Waals surface area contributed by atoms with Crippen LogP contribution in [0.5, 0.6) is 0 Å². The molecule has 5 heteroatoms. The minimum atomic E-state index is -0.862. The first kappa shape index (κ1) is 17.4. The number of nitrogens with zero attached hydrogens (tertiary/aromatic N) is 1. The Morgan fingerprint density at radius 3 is 2.56 bits per heavy atom. The molecule has 0 fully saturated rings. The topological polar surface area (TPSA) is 64.8 Å². The predicted octanol–water partition coefficient (Wildman–Crippen LogP) is 1.02. The molecule has 0 aromatic heterocycles. The maximum atomic E-state index is 11.4. The van der Waals surface area contributed by atoms with Crippen LogP contribution in [0.3, 0.4) is 0 Å². The Hall–Kier alpha value is -0.650. The van der Waals surface area contributed by atoms with Crippen molar-refractivity contribution in [2.75, 3.05) is 40.5 Å². The Kier molecular flexibility index (Phi) is 8.97. The number of esters is 1. The predicted molar refractivity (Wildman–Crippen MR) is 72.4 cm³/mol. The lowest BCUT2D eigenvalue weighted by Crippen LogP contribution is -2.45. The molecule has 0 spiro atoms. The van der Waals surface area contributed by atoms with Gasteiger partial charge in [0.25, 0.3) is 0 Å². The summed E-state index contributed by atoms with van der Waals surface area (Å²) < 4.78 is 9.96. The van der Waals surface area contributed by atoms with E-state index < -0.39 is 5.54 Å². The molecule has 0 aromatic carbocycles. The lowest BCUT2D eigenvalue weighted by Gasteiger charge is -2.22. The summed E-state index contributed by atoms with van der Waals surface area (Å²) in [6.07, 6.45) is 2.59. The Morgan fingerprint density at radius 2 is 2.00 bits per heavy atom. The van der Waals surface area contributed by atoms with Crippen LogP contribution in [0, 0.1) is 0 Å². The smallest absolute Gasteiger partial charge is 0.325 e. The number of unbranched alkanes of at least 4 members (excludes halogenated alkanes) is 1. The lowest BCUT2D eigenvalue weighted by atomic mass is 9.96. The summed E-state index contributed by atoms with van der Waals surface area (Å²) in [6, 6.07) is 0. The molecule has 0 amide bonds. The fourth-order valence-corrected chi connectivity index (χ4v) is 1.69. The van der Waals surface area contributed by atoms with Crippen LogP contribution in [0.25, 0.3) is 0 Å². The largest absolute Gasteiger partial charge is 0.468 e. The van der Waals surface area contributed by atoms with E-state index in [4.69, 9.17) is 10.5 Å². The highest BCUT2D eigenvalue weighted by Gasteiger charge is 2.28. The van der Waals surface area contributed by atoms with Gasteiger partial charge in [-0.15, -0.1) is 0 Å². The highest BCUT2D eigenvalue weighted by molar-refractivity contribution is 5.79. The van der Waals surface area contributed by atoms with Gasteiger partial charge in [-0.05, 0) is 46.7 Å². The van der Waals surface area contributed by atoms with Crippen molar-refractivity contribution in [1.29, 1.82) is 0 Å². The third-order valence-electron chi connectivity index (χ3n) is 2.96. The number of methoxy groups -OCH3 is 1. The van der Waals surface area contributed by atoms with Crippen molar-refractivity contribution in [3.63, 3.8) is 0 Å². The van der Waals surface area contributed by atoms with E-state index in [2.05, 4.69) is 16.7 Å². The molecule has 0 aliphatic heterocycles. The molecule has 18 heavy (non-hydrogen) atoms. The molecular formula is C13H28N2O3. The third-order valence-corrected chi connectivity index (χ3v) is 2.96. The van der Waals surface area contributed by atoms with Gasteiger partial charge in [0.1, 0.15) is 5.54 Å². The lowest BCUT2D eigenvalue weighted by molar-refractivity contribution is -0.146.